The van der Waals surface area contributed by atoms with Crippen LogP contribution in [0.15, 0.2) is 36.7 Å². The minimum Gasteiger partial charge on any atom is -0.367 e. The predicted molar refractivity (Wildman–Crippen MR) is 107 cm³/mol. The lowest BCUT2D eigenvalue weighted by Crippen LogP contribution is -2.60. The first kappa shape index (κ1) is 18.8. The Balaban J connectivity index is 1.34. The monoisotopic (exact) mass is 385 g/mol. The maximum absolute atomic E-state index is 13.5. The van der Waals surface area contributed by atoms with Gasteiger partial charge >= 0.3 is 6.03 Å². The molecule has 1 saturated heterocycles. The van der Waals surface area contributed by atoms with Gasteiger partial charge in [-0.3, -0.25) is 4.68 Å². The predicted octanol–water partition coefficient (Wildman–Crippen LogP) is 2.99. The van der Waals surface area contributed by atoms with Gasteiger partial charge in [0, 0.05) is 37.9 Å². The minimum atomic E-state index is -0.254. The van der Waals surface area contributed by atoms with Gasteiger partial charge < -0.3 is 15.5 Å². The molecule has 2 heterocycles. The van der Waals surface area contributed by atoms with Crippen LogP contribution in [0.5, 0.6) is 0 Å². The van der Waals surface area contributed by atoms with Crippen LogP contribution >= 0.6 is 0 Å². The molecular formula is C21H28FN5O. The maximum Gasteiger partial charge on any atom is 0.315 e. The average molecular weight is 385 g/mol. The second-order valence-corrected chi connectivity index (χ2v) is 8.20. The zero-order valence-electron chi connectivity index (χ0n) is 16.3. The summed E-state index contributed by atoms with van der Waals surface area (Å²) in [6.45, 7) is 1.77. The van der Waals surface area contributed by atoms with E-state index in [4.69, 9.17) is 0 Å². The smallest absolute Gasteiger partial charge is 0.315 e. The number of aryl methyl sites for hydroxylation is 1. The number of amides is 2. The van der Waals surface area contributed by atoms with Gasteiger partial charge in [0.2, 0.25) is 0 Å². The third-order valence-electron chi connectivity index (χ3n) is 5.93. The lowest BCUT2D eigenvalue weighted by atomic mass is 9.73. The SMILES string of the molecule is Cn1cc(N2CCCC(NC(=O)NC3(Cc4cccc(F)c4)CCC3)C2)cn1. The zero-order chi connectivity index (χ0) is 19.6. The highest BCUT2D eigenvalue weighted by atomic mass is 19.1. The highest BCUT2D eigenvalue weighted by Crippen LogP contribution is 2.35. The number of piperidine rings is 1. The highest BCUT2D eigenvalue weighted by molar-refractivity contribution is 5.75. The van der Waals surface area contributed by atoms with Gasteiger partial charge in [-0.2, -0.15) is 5.10 Å². The van der Waals surface area contributed by atoms with Crippen LogP contribution in [0.2, 0.25) is 0 Å². The summed E-state index contributed by atoms with van der Waals surface area (Å²) in [6, 6.07) is 6.66. The van der Waals surface area contributed by atoms with E-state index in [-0.39, 0.29) is 23.4 Å². The third-order valence-corrected chi connectivity index (χ3v) is 5.93. The topological polar surface area (TPSA) is 62.2 Å². The van der Waals surface area contributed by atoms with Gasteiger partial charge in [-0.05, 0) is 56.2 Å². The van der Waals surface area contributed by atoms with Crippen molar-refractivity contribution in [3.05, 3.63) is 48.0 Å². The molecule has 28 heavy (non-hydrogen) atoms. The van der Waals surface area contributed by atoms with E-state index in [0.29, 0.717) is 6.42 Å². The summed E-state index contributed by atoms with van der Waals surface area (Å²) in [4.78, 5) is 15.0. The van der Waals surface area contributed by atoms with Crippen LogP contribution in [0.25, 0.3) is 0 Å². The van der Waals surface area contributed by atoms with Crippen molar-refractivity contribution in [1.29, 1.82) is 0 Å². The number of hydrogen-bond donors (Lipinski definition) is 2. The molecular weight excluding hydrogens is 357 g/mol. The average Bonchev–Trinajstić information content (AvgIpc) is 3.06. The number of halogens is 1. The largest absolute Gasteiger partial charge is 0.367 e. The Morgan fingerprint density at radius 1 is 1.36 bits per heavy atom. The molecule has 0 spiro atoms. The first-order chi connectivity index (χ1) is 13.5. The summed E-state index contributed by atoms with van der Waals surface area (Å²) < 4.78 is 15.3. The lowest BCUT2D eigenvalue weighted by molar-refractivity contribution is 0.173. The highest BCUT2D eigenvalue weighted by Gasteiger charge is 2.39. The van der Waals surface area contributed by atoms with E-state index in [2.05, 4.69) is 20.6 Å². The molecule has 2 N–H and O–H groups in total. The van der Waals surface area contributed by atoms with Crippen LogP contribution < -0.4 is 15.5 Å². The molecule has 6 nitrogen and oxygen atoms in total. The van der Waals surface area contributed by atoms with E-state index in [1.165, 1.54) is 6.07 Å². The van der Waals surface area contributed by atoms with Crippen molar-refractivity contribution >= 4 is 11.7 Å². The normalized spacial score (nSPS) is 21.1. The van der Waals surface area contributed by atoms with Crippen molar-refractivity contribution in [2.24, 2.45) is 7.05 Å². The molecule has 7 heteroatoms. The fourth-order valence-corrected chi connectivity index (χ4v) is 4.35. The number of carbonyl (C=O) groups is 1. The zero-order valence-corrected chi connectivity index (χ0v) is 16.3. The minimum absolute atomic E-state index is 0.111. The number of aromatic nitrogens is 2. The van der Waals surface area contributed by atoms with E-state index < -0.39 is 0 Å². The molecule has 1 aromatic carbocycles. The standard InChI is InChI=1S/C21H28FN5O/c1-26-15-19(13-23-26)27-10-3-7-18(14-27)24-20(28)25-21(8-4-9-21)12-16-5-2-6-17(22)11-16/h2,5-6,11,13,15,18H,3-4,7-10,12,14H2,1H3,(H2,24,25,28). The molecule has 2 fully saturated rings. The van der Waals surface area contributed by atoms with Crippen LogP contribution in [-0.2, 0) is 13.5 Å². The Hall–Kier alpha value is -2.57. The molecule has 0 radical (unpaired) electrons. The Labute approximate surface area is 165 Å². The number of nitrogens with zero attached hydrogens (tertiary/aromatic N) is 3. The van der Waals surface area contributed by atoms with Crippen molar-refractivity contribution in [2.75, 3.05) is 18.0 Å². The number of benzene rings is 1. The van der Waals surface area contributed by atoms with E-state index in [1.54, 1.807) is 16.8 Å². The fourth-order valence-electron chi connectivity index (χ4n) is 4.35. The van der Waals surface area contributed by atoms with Gasteiger partial charge in [0.1, 0.15) is 5.82 Å². The molecule has 1 aliphatic heterocycles. The Bertz CT molecular complexity index is 832. The first-order valence-corrected chi connectivity index (χ1v) is 10.1. The number of hydrogen-bond acceptors (Lipinski definition) is 3. The molecule has 2 aromatic rings. The molecule has 2 amide bonds. The second-order valence-electron chi connectivity index (χ2n) is 8.20. The van der Waals surface area contributed by atoms with Gasteiger partial charge in [0.15, 0.2) is 0 Å². The number of nitrogens with one attached hydrogen (secondary N) is 2. The van der Waals surface area contributed by atoms with Gasteiger partial charge in [0.05, 0.1) is 11.9 Å². The molecule has 1 saturated carbocycles. The summed E-state index contributed by atoms with van der Waals surface area (Å²) in [5.74, 6) is -0.228. The van der Waals surface area contributed by atoms with Crippen LogP contribution in [0, 0.1) is 5.82 Å². The fraction of sp³-hybridized carbons (Fsp3) is 0.524. The molecule has 1 aromatic heterocycles. The summed E-state index contributed by atoms with van der Waals surface area (Å²) in [7, 11) is 1.91. The Kier molecular flexibility index (Phi) is 5.24. The van der Waals surface area contributed by atoms with Crippen LogP contribution in [0.4, 0.5) is 14.9 Å². The van der Waals surface area contributed by atoms with E-state index in [1.807, 2.05) is 25.5 Å². The van der Waals surface area contributed by atoms with Crippen LogP contribution in [-0.4, -0.2) is 40.5 Å². The molecule has 0 bridgehead atoms. The van der Waals surface area contributed by atoms with E-state index >= 15 is 0 Å². The molecule has 1 unspecified atom stereocenters. The van der Waals surface area contributed by atoms with Crippen molar-refractivity contribution in [3.8, 4) is 0 Å². The van der Waals surface area contributed by atoms with Crippen molar-refractivity contribution in [2.45, 2.75) is 50.1 Å². The summed E-state index contributed by atoms with van der Waals surface area (Å²) in [5.41, 5.74) is 1.77. The second kappa shape index (κ2) is 7.81. The number of urea groups is 1. The summed E-state index contributed by atoms with van der Waals surface area (Å²) in [6.07, 6.45) is 9.51. The molecule has 2 aliphatic rings. The van der Waals surface area contributed by atoms with Gasteiger partial charge in [0.25, 0.3) is 0 Å². The molecule has 1 atom stereocenters. The summed E-state index contributed by atoms with van der Waals surface area (Å²) in [5, 5.41) is 10.6. The lowest BCUT2D eigenvalue weighted by Gasteiger charge is -2.43. The Morgan fingerprint density at radius 3 is 2.89 bits per heavy atom. The number of carbonyl (C=O) groups excluding carboxylic acids is 1. The van der Waals surface area contributed by atoms with Crippen molar-refractivity contribution in [1.82, 2.24) is 20.4 Å². The van der Waals surface area contributed by atoms with Gasteiger partial charge in [-0.15, -0.1) is 0 Å². The van der Waals surface area contributed by atoms with Crippen molar-refractivity contribution < 1.29 is 9.18 Å². The summed E-state index contributed by atoms with van der Waals surface area (Å²) >= 11 is 0. The Morgan fingerprint density at radius 2 is 2.21 bits per heavy atom. The van der Waals surface area contributed by atoms with Crippen LogP contribution in [0.1, 0.15) is 37.7 Å². The van der Waals surface area contributed by atoms with E-state index in [9.17, 15) is 9.18 Å². The molecule has 150 valence electrons. The van der Waals surface area contributed by atoms with Crippen LogP contribution in [0.3, 0.4) is 0 Å². The van der Waals surface area contributed by atoms with E-state index in [0.717, 1.165) is 56.4 Å². The maximum atomic E-state index is 13.5. The molecule has 1 aliphatic carbocycles. The quantitative estimate of drug-likeness (QED) is 0.832. The van der Waals surface area contributed by atoms with Gasteiger partial charge in [-0.25, -0.2) is 9.18 Å². The number of anilines is 1. The number of rotatable bonds is 5. The third kappa shape index (κ3) is 4.29. The van der Waals surface area contributed by atoms with Gasteiger partial charge in [-0.1, -0.05) is 12.1 Å². The van der Waals surface area contributed by atoms with Crippen molar-refractivity contribution in [3.63, 3.8) is 0 Å². The first-order valence-electron chi connectivity index (χ1n) is 10.1. The molecule has 4 rings (SSSR count).